The molecule has 0 saturated carbocycles. The summed E-state index contributed by atoms with van der Waals surface area (Å²) in [6.45, 7) is 10.3. The van der Waals surface area contributed by atoms with Crippen molar-refractivity contribution in [2.45, 2.75) is 39.8 Å². The van der Waals surface area contributed by atoms with E-state index in [4.69, 9.17) is 0 Å². The normalized spacial score (nSPS) is 10.6. The van der Waals surface area contributed by atoms with Crippen LogP contribution in [-0.4, -0.2) is 76.7 Å². The fourth-order valence-electron chi connectivity index (χ4n) is 0.730. The summed E-state index contributed by atoms with van der Waals surface area (Å²) in [4.78, 5) is 2.78. The summed E-state index contributed by atoms with van der Waals surface area (Å²) in [7, 11) is 8.41. The summed E-state index contributed by atoms with van der Waals surface area (Å²) in [5.41, 5.74) is 0. The van der Waals surface area contributed by atoms with Gasteiger partial charge in [0.1, 0.15) is 0 Å². The van der Waals surface area contributed by atoms with Gasteiger partial charge in [0.25, 0.3) is 0 Å². The van der Waals surface area contributed by atoms with E-state index in [9.17, 15) is 0 Å². The summed E-state index contributed by atoms with van der Waals surface area (Å²) in [6.07, 6.45) is 0. The SMILES string of the molecule is CC(C)[N-]C[NH+](C)C.CC(C)[N-]C[NH+](C)C.[Mg+2]. The quantitative estimate of drug-likeness (QED) is 0.594. The molecule has 100 valence electrons. The Labute approximate surface area is 125 Å². The maximum absolute atomic E-state index is 4.29. The summed E-state index contributed by atoms with van der Waals surface area (Å²) < 4.78 is 0. The van der Waals surface area contributed by atoms with Crippen molar-refractivity contribution >= 4 is 23.1 Å². The summed E-state index contributed by atoms with van der Waals surface area (Å²) in [6, 6.07) is 0.981. The molecule has 0 aliphatic carbocycles. The second-order valence-corrected chi connectivity index (χ2v) is 5.28. The van der Waals surface area contributed by atoms with E-state index in [0.717, 1.165) is 13.3 Å². The van der Waals surface area contributed by atoms with Crippen molar-refractivity contribution in [1.82, 2.24) is 0 Å². The first-order valence-corrected chi connectivity index (χ1v) is 6.17. The zero-order chi connectivity index (χ0) is 13.1. The molecule has 0 rings (SSSR count). The van der Waals surface area contributed by atoms with E-state index in [2.05, 4.69) is 66.5 Å². The largest absolute Gasteiger partial charge is 2.00 e. The van der Waals surface area contributed by atoms with E-state index < -0.39 is 0 Å². The van der Waals surface area contributed by atoms with Crippen LogP contribution < -0.4 is 9.80 Å². The Bertz CT molecular complexity index is 106. The molecular formula is C12H32MgN4+2. The predicted octanol–water partition coefficient (Wildman–Crippen LogP) is -0.640. The van der Waals surface area contributed by atoms with Crippen LogP contribution in [0.5, 0.6) is 0 Å². The van der Waals surface area contributed by atoms with E-state index in [1.54, 1.807) is 0 Å². The number of nitrogens with one attached hydrogen (secondary N) is 2. The molecule has 0 aliphatic rings. The summed E-state index contributed by atoms with van der Waals surface area (Å²) >= 11 is 0. The maximum Gasteiger partial charge on any atom is 2.00 e. The van der Waals surface area contributed by atoms with Crippen molar-refractivity contribution in [3.8, 4) is 0 Å². The summed E-state index contributed by atoms with van der Waals surface area (Å²) in [5, 5.41) is 8.57. The topological polar surface area (TPSA) is 37.1 Å². The van der Waals surface area contributed by atoms with Gasteiger partial charge in [0.05, 0.1) is 28.2 Å². The minimum atomic E-state index is 0. The molecule has 0 aromatic rings. The van der Waals surface area contributed by atoms with Crippen molar-refractivity contribution < 1.29 is 9.80 Å². The number of quaternary nitrogens is 2. The molecule has 2 N–H and O–H groups in total. The number of hydrogen-bond acceptors (Lipinski definition) is 0. The zero-order valence-corrected chi connectivity index (χ0v) is 14.6. The first-order valence-electron chi connectivity index (χ1n) is 6.17. The molecule has 17 heavy (non-hydrogen) atoms. The van der Waals surface area contributed by atoms with E-state index in [0.29, 0.717) is 12.1 Å². The fourth-order valence-corrected chi connectivity index (χ4v) is 0.730. The molecule has 4 nitrogen and oxygen atoms in total. The van der Waals surface area contributed by atoms with Gasteiger partial charge in [0, 0.05) is 0 Å². The maximum atomic E-state index is 4.29. The second-order valence-electron chi connectivity index (χ2n) is 5.28. The molecule has 0 spiro atoms. The van der Waals surface area contributed by atoms with Crippen molar-refractivity contribution in [1.29, 1.82) is 0 Å². The zero-order valence-electron chi connectivity index (χ0n) is 13.2. The Balaban J connectivity index is -0.000000218. The Hall–Kier alpha value is 0.606. The Morgan fingerprint density at radius 1 is 0.706 bits per heavy atom. The van der Waals surface area contributed by atoms with Gasteiger partial charge in [-0.05, 0) is 13.3 Å². The molecule has 0 aromatic carbocycles. The number of nitrogens with zero attached hydrogens (tertiary/aromatic N) is 2. The van der Waals surface area contributed by atoms with Gasteiger partial charge in [-0.25, -0.2) is 0 Å². The monoisotopic (exact) mass is 256 g/mol. The minimum Gasteiger partial charge on any atom is -0.610 e. The second kappa shape index (κ2) is 14.7. The summed E-state index contributed by atoms with van der Waals surface area (Å²) in [5.74, 6) is 0. The Morgan fingerprint density at radius 2 is 0.941 bits per heavy atom. The number of hydrogen-bond donors (Lipinski definition) is 2. The third kappa shape index (κ3) is 31.5. The molecular weight excluding hydrogens is 224 g/mol. The van der Waals surface area contributed by atoms with E-state index in [1.807, 2.05) is 0 Å². The van der Waals surface area contributed by atoms with Crippen LogP contribution in [0, 0.1) is 0 Å². The molecule has 0 aromatic heterocycles. The van der Waals surface area contributed by atoms with Gasteiger partial charge in [0.2, 0.25) is 0 Å². The molecule has 0 atom stereocenters. The molecule has 0 bridgehead atoms. The average Bonchev–Trinajstić information content (AvgIpc) is 2.12. The first-order chi connectivity index (χ1) is 7.25. The van der Waals surface area contributed by atoms with Gasteiger partial charge in [-0.15, -0.1) is 12.1 Å². The number of rotatable bonds is 6. The van der Waals surface area contributed by atoms with Gasteiger partial charge in [0.15, 0.2) is 0 Å². The van der Waals surface area contributed by atoms with E-state index in [1.165, 1.54) is 9.80 Å². The molecule has 0 unspecified atom stereocenters. The molecule has 0 fully saturated rings. The molecule has 0 heterocycles. The van der Waals surface area contributed by atoms with Gasteiger partial charge >= 0.3 is 23.1 Å². The van der Waals surface area contributed by atoms with Crippen LogP contribution in [0.3, 0.4) is 0 Å². The van der Waals surface area contributed by atoms with Gasteiger partial charge in [-0.3, -0.25) is 0 Å². The predicted molar refractivity (Wildman–Crippen MR) is 78.1 cm³/mol. The smallest absolute Gasteiger partial charge is 0.610 e. The van der Waals surface area contributed by atoms with Crippen molar-refractivity contribution in [2.24, 2.45) is 0 Å². The van der Waals surface area contributed by atoms with E-state index in [-0.39, 0.29) is 23.1 Å². The standard InChI is InChI=1S/2C6H15N2.Mg/c2*1-6(2)7-5-8(3)4;/h2*6H,5H2,1-4H3;/q2*-1;+2/p+2. The molecule has 5 heteroatoms. The third-order valence-corrected chi connectivity index (χ3v) is 1.55. The van der Waals surface area contributed by atoms with Crippen LogP contribution in [0.25, 0.3) is 10.6 Å². The van der Waals surface area contributed by atoms with Gasteiger partial charge in [-0.1, -0.05) is 27.7 Å². The average molecular weight is 257 g/mol. The minimum absolute atomic E-state index is 0. The van der Waals surface area contributed by atoms with Crippen LogP contribution >= 0.6 is 0 Å². The molecule has 0 saturated heterocycles. The van der Waals surface area contributed by atoms with Crippen molar-refractivity contribution in [2.75, 3.05) is 41.5 Å². The van der Waals surface area contributed by atoms with Crippen molar-refractivity contribution in [3.05, 3.63) is 10.6 Å². The Kier molecular flexibility index (Phi) is 19.6. The molecule has 0 aliphatic heterocycles. The first kappa shape index (κ1) is 22.8. The third-order valence-electron chi connectivity index (χ3n) is 1.55. The van der Waals surface area contributed by atoms with Crippen molar-refractivity contribution in [3.63, 3.8) is 0 Å². The van der Waals surface area contributed by atoms with Crippen LogP contribution in [0.15, 0.2) is 0 Å². The van der Waals surface area contributed by atoms with E-state index >= 15 is 0 Å². The molecule has 0 amide bonds. The Morgan fingerprint density at radius 3 is 1.00 bits per heavy atom. The van der Waals surface area contributed by atoms with Gasteiger partial charge < -0.3 is 20.4 Å². The van der Waals surface area contributed by atoms with Crippen LogP contribution in [0.2, 0.25) is 0 Å². The van der Waals surface area contributed by atoms with Crippen LogP contribution in [-0.2, 0) is 0 Å². The van der Waals surface area contributed by atoms with Gasteiger partial charge in [-0.2, -0.15) is 0 Å². The fraction of sp³-hybridized carbons (Fsp3) is 1.00. The van der Waals surface area contributed by atoms with Crippen LogP contribution in [0.4, 0.5) is 0 Å². The molecule has 0 radical (unpaired) electrons. The van der Waals surface area contributed by atoms with Crippen LogP contribution in [0.1, 0.15) is 27.7 Å².